The van der Waals surface area contributed by atoms with Gasteiger partial charge < -0.3 is 18.9 Å². The molecule has 1 amide bonds. The van der Waals surface area contributed by atoms with Gasteiger partial charge in [-0.05, 0) is 23.3 Å². The first-order chi connectivity index (χ1) is 18.4. The molecule has 1 unspecified atom stereocenters. The van der Waals surface area contributed by atoms with Crippen molar-refractivity contribution < 1.29 is 38.1 Å². The van der Waals surface area contributed by atoms with Gasteiger partial charge in [-0.25, -0.2) is 14.4 Å². The predicted octanol–water partition coefficient (Wildman–Crippen LogP) is 4.29. The zero-order chi connectivity index (χ0) is 26.9. The number of hydrogen-bond acceptors (Lipinski definition) is 8. The maximum Gasteiger partial charge on any atom is 0.410 e. The fraction of sp³-hybridized carbons (Fsp3) is 0.241. The molecule has 0 radical (unpaired) electrons. The third-order valence-corrected chi connectivity index (χ3v) is 5.83. The van der Waals surface area contributed by atoms with Gasteiger partial charge in [0.05, 0.1) is 6.54 Å². The normalized spacial score (nSPS) is 16.4. The van der Waals surface area contributed by atoms with E-state index >= 15 is 0 Å². The van der Waals surface area contributed by atoms with E-state index < -0.39 is 36.1 Å². The average molecular weight is 518 g/mol. The molecule has 2 atom stereocenters. The summed E-state index contributed by atoms with van der Waals surface area (Å²) in [4.78, 5) is 51.5. The van der Waals surface area contributed by atoms with Crippen LogP contribution in [0.2, 0.25) is 0 Å². The summed E-state index contributed by atoms with van der Waals surface area (Å²) in [5, 5.41) is 0. The number of esters is 3. The molecule has 0 aromatic heterocycles. The van der Waals surface area contributed by atoms with E-state index in [2.05, 4.69) is 0 Å². The molecule has 0 aliphatic carbocycles. The highest BCUT2D eigenvalue weighted by Gasteiger charge is 2.43. The molecule has 1 aliphatic rings. The Morgan fingerprint density at radius 2 is 1.37 bits per heavy atom. The topological polar surface area (TPSA) is 108 Å². The molecule has 9 nitrogen and oxygen atoms in total. The number of amides is 1. The maximum atomic E-state index is 13.0. The van der Waals surface area contributed by atoms with Crippen LogP contribution >= 0.6 is 0 Å². The van der Waals surface area contributed by atoms with Gasteiger partial charge in [0.2, 0.25) is 0 Å². The highest BCUT2D eigenvalue weighted by atomic mass is 16.6. The second kappa shape index (κ2) is 12.5. The fourth-order valence-corrected chi connectivity index (χ4v) is 4.03. The Morgan fingerprint density at radius 1 is 0.789 bits per heavy atom. The van der Waals surface area contributed by atoms with E-state index in [0.29, 0.717) is 0 Å². The number of hydrogen-bond donors (Lipinski definition) is 0. The van der Waals surface area contributed by atoms with Crippen molar-refractivity contribution in [3.05, 3.63) is 102 Å². The molecule has 1 heterocycles. The van der Waals surface area contributed by atoms with Crippen LogP contribution < -0.4 is 4.74 Å². The van der Waals surface area contributed by atoms with E-state index in [1.165, 1.54) is 24.0 Å². The van der Waals surface area contributed by atoms with Gasteiger partial charge in [-0.15, -0.1) is 0 Å². The number of benzene rings is 3. The molecule has 0 bridgehead atoms. The molecule has 1 fully saturated rings. The van der Waals surface area contributed by atoms with Gasteiger partial charge in [0.25, 0.3) is 0 Å². The van der Waals surface area contributed by atoms with Crippen molar-refractivity contribution in [3.8, 4) is 5.75 Å². The van der Waals surface area contributed by atoms with Crippen LogP contribution in [0.15, 0.2) is 84.9 Å². The van der Waals surface area contributed by atoms with Gasteiger partial charge >= 0.3 is 24.0 Å². The van der Waals surface area contributed by atoms with Crippen molar-refractivity contribution in [1.82, 2.24) is 4.90 Å². The largest absolute Gasteiger partial charge is 0.459 e. The lowest BCUT2D eigenvalue weighted by molar-refractivity contribution is -0.150. The van der Waals surface area contributed by atoms with Crippen LogP contribution in [0.25, 0.3) is 0 Å². The SMILES string of the molecule is CC(=O)Oc1ccccc1C(=O)OC1C[C@@H](C(=O)OCc2ccccc2)N(C(=O)OCc2ccccc2)C1. The van der Waals surface area contributed by atoms with Gasteiger partial charge in [0, 0.05) is 13.3 Å². The molecular formula is C29H27NO8. The van der Waals surface area contributed by atoms with Gasteiger partial charge in [-0.1, -0.05) is 72.8 Å². The fourth-order valence-electron chi connectivity index (χ4n) is 4.03. The lowest BCUT2D eigenvalue weighted by Gasteiger charge is -2.22. The van der Waals surface area contributed by atoms with Crippen molar-refractivity contribution >= 4 is 24.0 Å². The summed E-state index contributed by atoms with van der Waals surface area (Å²) < 4.78 is 21.6. The molecule has 3 aromatic rings. The van der Waals surface area contributed by atoms with Crippen LogP contribution in [0.3, 0.4) is 0 Å². The first-order valence-electron chi connectivity index (χ1n) is 12.1. The Hall–Kier alpha value is -4.66. The van der Waals surface area contributed by atoms with E-state index in [9.17, 15) is 19.2 Å². The maximum absolute atomic E-state index is 13.0. The summed E-state index contributed by atoms with van der Waals surface area (Å²) in [6.07, 6.45) is -1.52. The highest BCUT2D eigenvalue weighted by molar-refractivity contribution is 5.93. The molecule has 4 rings (SSSR count). The molecule has 1 saturated heterocycles. The molecule has 0 spiro atoms. The first-order valence-corrected chi connectivity index (χ1v) is 12.1. The number of carbonyl (C=O) groups excluding carboxylic acids is 4. The van der Waals surface area contributed by atoms with Crippen molar-refractivity contribution in [2.24, 2.45) is 0 Å². The Kier molecular flexibility index (Phi) is 8.71. The van der Waals surface area contributed by atoms with Crippen molar-refractivity contribution in [3.63, 3.8) is 0 Å². The third-order valence-electron chi connectivity index (χ3n) is 5.83. The molecule has 38 heavy (non-hydrogen) atoms. The number of nitrogens with zero attached hydrogens (tertiary/aromatic N) is 1. The minimum Gasteiger partial charge on any atom is -0.459 e. The number of rotatable bonds is 8. The quantitative estimate of drug-likeness (QED) is 0.247. The van der Waals surface area contributed by atoms with Gasteiger partial charge in [-0.3, -0.25) is 9.69 Å². The molecule has 9 heteroatoms. The minimum atomic E-state index is -1.01. The number of para-hydroxylation sites is 1. The Bertz CT molecular complexity index is 1210. The van der Waals surface area contributed by atoms with Crippen LogP contribution in [0, 0.1) is 0 Å². The van der Waals surface area contributed by atoms with E-state index in [1.54, 1.807) is 12.1 Å². The average Bonchev–Trinajstić information content (AvgIpc) is 3.35. The summed E-state index contributed by atoms with van der Waals surface area (Å²) in [7, 11) is 0. The second-order valence-corrected chi connectivity index (χ2v) is 8.65. The summed E-state index contributed by atoms with van der Waals surface area (Å²) >= 11 is 0. The van der Waals surface area contributed by atoms with E-state index in [-0.39, 0.29) is 37.5 Å². The van der Waals surface area contributed by atoms with Crippen LogP contribution in [0.4, 0.5) is 4.79 Å². The second-order valence-electron chi connectivity index (χ2n) is 8.65. The molecule has 0 saturated carbocycles. The highest BCUT2D eigenvalue weighted by Crippen LogP contribution is 2.26. The van der Waals surface area contributed by atoms with Crippen molar-refractivity contribution in [2.45, 2.75) is 38.7 Å². The summed E-state index contributed by atoms with van der Waals surface area (Å²) in [6, 6.07) is 23.4. The Labute approximate surface area is 219 Å². The zero-order valence-corrected chi connectivity index (χ0v) is 20.8. The third kappa shape index (κ3) is 6.97. The van der Waals surface area contributed by atoms with Crippen LogP contribution in [0.5, 0.6) is 5.75 Å². The number of ether oxygens (including phenoxy) is 4. The summed E-state index contributed by atoms with van der Waals surface area (Å²) in [5.74, 6) is -1.91. The lowest BCUT2D eigenvalue weighted by atomic mass is 10.2. The van der Waals surface area contributed by atoms with Crippen LogP contribution in [-0.2, 0) is 37.0 Å². The predicted molar refractivity (Wildman–Crippen MR) is 135 cm³/mol. The van der Waals surface area contributed by atoms with Crippen molar-refractivity contribution in [1.29, 1.82) is 0 Å². The minimum absolute atomic E-state index is 0.0160. The van der Waals surface area contributed by atoms with Crippen LogP contribution in [0.1, 0.15) is 34.8 Å². The smallest absolute Gasteiger partial charge is 0.410 e. The monoisotopic (exact) mass is 517 g/mol. The molecule has 3 aromatic carbocycles. The Morgan fingerprint density at radius 3 is 2.00 bits per heavy atom. The lowest BCUT2D eigenvalue weighted by Crippen LogP contribution is -2.41. The van der Waals surface area contributed by atoms with Gasteiger partial charge in [0.15, 0.2) is 0 Å². The molecule has 0 N–H and O–H groups in total. The standard InChI is InChI=1S/C29H27NO8/c1-20(31)37-26-15-9-8-14-24(26)27(32)38-23-16-25(28(33)35-18-21-10-4-2-5-11-21)30(17-23)29(34)36-19-22-12-6-3-7-13-22/h2-15,23,25H,16-19H2,1H3/t23?,25-/m0/s1. The van der Waals surface area contributed by atoms with Crippen molar-refractivity contribution in [2.75, 3.05) is 6.54 Å². The zero-order valence-electron chi connectivity index (χ0n) is 20.8. The number of carbonyl (C=O) groups is 4. The van der Waals surface area contributed by atoms with Gasteiger partial charge in [0.1, 0.15) is 36.7 Å². The molecule has 196 valence electrons. The van der Waals surface area contributed by atoms with Crippen LogP contribution in [-0.4, -0.2) is 47.6 Å². The molecule has 1 aliphatic heterocycles. The summed E-state index contributed by atoms with van der Waals surface area (Å²) in [6.45, 7) is 1.20. The first kappa shape index (κ1) is 26.4. The van der Waals surface area contributed by atoms with E-state index in [0.717, 1.165) is 11.1 Å². The number of likely N-dealkylation sites (tertiary alicyclic amines) is 1. The molecular weight excluding hydrogens is 490 g/mol. The summed E-state index contributed by atoms with van der Waals surface area (Å²) in [5.41, 5.74) is 1.63. The van der Waals surface area contributed by atoms with E-state index in [1.807, 2.05) is 60.7 Å². The van der Waals surface area contributed by atoms with E-state index in [4.69, 9.17) is 18.9 Å². The van der Waals surface area contributed by atoms with Gasteiger partial charge in [-0.2, -0.15) is 0 Å². The Balaban J connectivity index is 1.46.